The van der Waals surface area contributed by atoms with Gasteiger partial charge in [-0.05, 0) is 11.1 Å². The average molecular weight is 298 g/mol. The topological polar surface area (TPSA) is 99.3 Å². The number of carboxylic acid groups (broad SMARTS) is 2. The minimum absolute atomic E-state index is 1.05. The molecule has 2 rings (SSSR count). The fraction of sp³-hybridized carbons (Fsp3) is 0. The fourth-order valence-electron chi connectivity index (χ4n) is 1.28. The summed E-state index contributed by atoms with van der Waals surface area (Å²) in [4.78, 5) is 18.2. The van der Waals surface area contributed by atoms with E-state index in [1.807, 2.05) is 60.7 Å². The molecule has 6 heteroatoms. The van der Waals surface area contributed by atoms with Crippen molar-refractivity contribution >= 4 is 24.4 Å². The SMILES string of the molecule is C(=NN=Cc1ccccc1)c1ccccc1.O=C(O)C(=O)O. The van der Waals surface area contributed by atoms with Crippen molar-refractivity contribution in [2.45, 2.75) is 0 Å². The number of nitrogens with zero attached hydrogens (tertiary/aromatic N) is 2. The largest absolute Gasteiger partial charge is 0.473 e. The molecule has 0 aliphatic heterocycles. The number of carbonyl (C=O) groups is 2. The second-order valence-electron chi connectivity index (χ2n) is 3.92. The first-order chi connectivity index (χ1) is 10.6. The van der Waals surface area contributed by atoms with Gasteiger partial charge in [0.05, 0.1) is 12.4 Å². The smallest absolute Gasteiger partial charge is 0.414 e. The Morgan fingerprint density at radius 2 is 1.00 bits per heavy atom. The Morgan fingerprint density at radius 1 is 0.682 bits per heavy atom. The number of benzene rings is 2. The van der Waals surface area contributed by atoms with E-state index < -0.39 is 11.9 Å². The molecule has 0 aliphatic rings. The van der Waals surface area contributed by atoms with Crippen molar-refractivity contribution < 1.29 is 19.8 Å². The van der Waals surface area contributed by atoms with Crippen LogP contribution in [0.4, 0.5) is 0 Å². The minimum atomic E-state index is -1.82. The lowest BCUT2D eigenvalue weighted by atomic mass is 10.2. The zero-order chi connectivity index (χ0) is 16.2. The lowest BCUT2D eigenvalue weighted by Crippen LogP contribution is -2.09. The van der Waals surface area contributed by atoms with Crippen molar-refractivity contribution in [1.29, 1.82) is 0 Å². The van der Waals surface area contributed by atoms with E-state index in [2.05, 4.69) is 10.2 Å². The molecule has 22 heavy (non-hydrogen) atoms. The van der Waals surface area contributed by atoms with Gasteiger partial charge in [-0.15, -0.1) is 0 Å². The standard InChI is InChI=1S/C14H12N2.C2H2O4/c1-3-7-13(8-4-1)11-15-16-12-14-9-5-2-6-10-14;3-1(4)2(5)6/h1-12H;(H,3,4)(H,5,6). The van der Waals surface area contributed by atoms with E-state index in [1.165, 1.54) is 0 Å². The van der Waals surface area contributed by atoms with E-state index in [-0.39, 0.29) is 0 Å². The monoisotopic (exact) mass is 298 g/mol. The van der Waals surface area contributed by atoms with Crippen molar-refractivity contribution in [2.75, 3.05) is 0 Å². The Bertz CT molecular complexity index is 593. The van der Waals surface area contributed by atoms with Crippen molar-refractivity contribution in [2.24, 2.45) is 10.2 Å². The van der Waals surface area contributed by atoms with Crippen molar-refractivity contribution in [3.05, 3.63) is 71.8 Å². The molecular formula is C16H14N2O4. The third-order valence-corrected chi connectivity index (χ3v) is 2.26. The number of aliphatic carboxylic acids is 2. The Morgan fingerprint density at radius 3 is 1.27 bits per heavy atom. The molecule has 0 amide bonds. The molecule has 6 nitrogen and oxygen atoms in total. The van der Waals surface area contributed by atoms with Gasteiger partial charge in [0, 0.05) is 0 Å². The second-order valence-corrected chi connectivity index (χ2v) is 3.92. The van der Waals surface area contributed by atoms with Gasteiger partial charge in [0.1, 0.15) is 0 Å². The molecule has 0 spiro atoms. The van der Waals surface area contributed by atoms with Gasteiger partial charge in [-0.2, -0.15) is 10.2 Å². The Kier molecular flexibility index (Phi) is 7.32. The lowest BCUT2D eigenvalue weighted by Gasteiger charge is -1.89. The quantitative estimate of drug-likeness (QED) is 0.516. The fourth-order valence-corrected chi connectivity index (χ4v) is 1.28. The van der Waals surface area contributed by atoms with Crippen LogP contribution in [0.3, 0.4) is 0 Å². The van der Waals surface area contributed by atoms with Gasteiger partial charge >= 0.3 is 11.9 Å². The van der Waals surface area contributed by atoms with Crippen LogP contribution in [0.5, 0.6) is 0 Å². The average Bonchev–Trinajstić information content (AvgIpc) is 2.54. The first-order valence-electron chi connectivity index (χ1n) is 6.22. The van der Waals surface area contributed by atoms with Crippen LogP contribution < -0.4 is 0 Å². The summed E-state index contributed by atoms with van der Waals surface area (Å²) >= 11 is 0. The molecule has 0 saturated carbocycles. The summed E-state index contributed by atoms with van der Waals surface area (Å²) in [6, 6.07) is 19.8. The predicted octanol–water partition coefficient (Wildman–Crippen LogP) is 2.30. The molecular weight excluding hydrogens is 284 g/mol. The highest BCUT2D eigenvalue weighted by atomic mass is 16.4. The minimum Gasteiger partial charge on any atom is -0.473 e. The number of carboxylic acids is 2. The van der Waals surface area contributed by atoms with Crippen LogP contribution in [0.15, 0.2) is 70.9 Å². The highest BCUT2D eigenvalue weighted by molar-refractivity contribution is 6.27. The van der Waals surface area contributed by atoms with E-state index >= 15 is 0 Å². The van der Waals surface area contributed by atoms with Gasteiger partial charge in [-0.25, -0.2) is 9.59 Å². The molecule has 0 aromatic heterocycles. The zero-order valence-corrected chi connectivity index (χ0v) is 11.5. The molecule has 2 aromatic rings. The number of hydrogen-bond donors (Lipinski definition) is 2. The third kappa shape index (κ3) is 7.34. The summed E-state index contributed by atoms with van der Waals surface area (Å²) in [5.41, 5.74) is 2.10. The first-order valence-corrected chi connectivity index (χ1v) is 6.22. The summed E-state index contributed by atoms with van der Waals surface area (Å²) in [7, 11) is 0. The van der Waals surface area contributed by atoms with Crippen LogP contribution in [-0.2, 0) is 9.59 Å². The van der Waals surface area contributed by atoms with Gasteiger partial charge in [0.2, 0.25) is 0 Å². The van der Waals surface area contributed by atoms with Gasteiger partial charge in [0.15, 0.2) is 0 Å². The molecule has 0 saturated heterocycles. The van der Waals surface area contributed by atoms with Crippen LogP contribution in [0.1, 0.15) is 11.1 Å². The molecule has 0 bridgehead atoms. The van der Waals surface area contributed by atoms with Crippen LogP contribution >= 0.6 is 0 Å². The first kappa shape index (κ1) is 16.8. The van der Waals surface area contributed by atoms with Gasteiger partial charge in [0.25, 0.3) is 0 Å². The molecule has 2 N–H and O–H groups in total. The summed E-state index contributed by atoms with van der Waals surface area (Å²) in [5, 5.41) is 22.7. The van der Waals surface area contributed by atoms with E-state index in [0.717, 1.165) is 11.1 Å². The number of hydrogen-bond acceptors (Lipinski definition) is 4. The second kappa shape index (κ2) is 9.60. The van der Waals surface area contributed by atoms with Crippen LogP contribution in [-0.4, -0.2) is 34.6 Å². The maximum Gasteiger partial charge on any atom is 0.414 e. The summed E-state index contributed by atoms with van der Waals surface area (Å²) in [6.45, 7) is 0. The summed E-state index contributed by atoms with van der Waals surface area (Å²) in [5.74, 6) is -3.65. The van der Waals surface area contributed by atoms with Crippen molar-refractivity contribution in [3.8, 4) is 0 Å². The Labute approximate surface area is 127 Å². The maximum absolute atomic E-state index is 9.10. The zero-order valence-electron chi connectivity index (χ0n) is 11.5. The molecule has 0 radical (unpaired) electrons. The normalized spacial score (nSPS) is 10.2. The maximum atomic E-state index is 9.10. The van der Waals surface area contributed by atoms with E-state index in [4.69, 9.17) is 19.8 Å². The van der Waals surface area contributed by atoms with E-state index in [9.17, 15) is 0 Å². The third-order valence-electron chi connectivity index (χ3n) is 2.26. The highest BCUT2D eigenvalue weighted by Gasteiger charge is 2.04. The Hall–Kier alpha value is -3.28. The van der Waals surface area contributed by atoms with Crippen LogP contribution in [0.25, 0.3) is 0 Å². The van der Waals surface area contributed by atoms with Gasteiger partial charge < -0.3 is 10.2 Å². The molecule has 2 aromatic carbocycles. The highest BCUT2D eigenvalue weighted by Crippen LogP contribution is 1.96. The summed E-state index contributed by atoms with van der Waals surface area (Å²) < 4.78 is 0. The Balaban J connectivity index is 0.000000346. The molecule has 0 heterocycles. The van der Waals surface area contributed by atoms with E-state index in [0.29, 0.717) is 0 Å². The molecule has 0 atom stereocenters. The number of rotatable bonds is 3. The molecule has 0 fully saturated rings. The van der Waals surface area contributed by atoms with Gasteiger partial charge in [-0.3, -0.25) is 0 Å². The van der Waals surface area contributed by atoms with E-state index in [1.54, 1.807) is 12.4 Å². The van der Waals surface area contributed by atoms with Crippen LogP contribution in [0, 0.1) is 0 Å². The van der Waals surface area contributed by atoms with Crippen molar-refractivity contribution in [1.82, 2.24) is 0 Å². The lowest BCUT2D eigenvalue weighted by molar-refractivity contribution is -0.159. The van der Waals surface area contributed by atoms with Gasteiger partial charge in [-0.1, -0.05) is 60.7 Å². The molecule has 0 aliphatic carbocycles. The van der Waals surface area contributed by atoms with Crippen molar-refractivity contribution in [3.63, 3.8) is 0 Å². The van der Waals surface area contributed by atoms with Crippen LogP contribution in [0.2, 0.25) is 0 Å². The summed E-state index contributed by atoms with van der Waals surface area (Å²) in [6.07, 6.45) is 3.47. The predicted molar refractivity (Wildman–Crippen MR) is 83.3 cm³/mol. The molecule has 112 valence electrons. The molecule has 0 unspecified atom stereocenters.